The average molecular weight is 716 g/mol. The summed E-state index contributed by atoms with van der Waals surface area (Å²) >= 11 is 0. The quantitative estimate of drug-likeness (QED) is 0.111. The maximum atomic E-state index is 12.9. The molecule has 3 aromatic rings. The van der Waals surface area contributed by atoms with E-state index in [4.69, 9.17) is 32.8 Å². The number of benzene rings is 3. The molecule has 0 N–H and O–H groups in total. The molecule has 0 unspecified atom stereocenters. The Morgan fingerprint density at radius 3 is 1.92 bits per heavy atom. The third-order valence-electron chi connectivity index (χ3n) is 11.5. The summed E-state index contributed by atoms with van der Waals surface area (Å²) in [7, 11) is -3.61. The van der Waals surface area contributed by atoms with Gasteiger partial charge in [0.05, 0.1) is 13.7 Å². The van der Waals surface area contributed by atoms with Crippen LogP contribution < -0.4 is 15.1 Å². The number of fused-ring (bicyclic) bond motifs is 1. The number of carbonyl (C=O) groups excluding carboxylic acids is 1. The summed E-state index contributed by atoms with van der Waals surface area (Å²) < 4.78 is 40.2. The monoisotopic (exact) mass is 715 g/mol. The van der Waals surface area contributed by atoms with E-state index in [1.165, 1.54) is 17.3 Å². The minimum atomic E-state index is -2.96. The first-order chi connectivity index (χ1) is 23.9. The maximum absolute atomic E-state index is 12.9. The molecule has 0 aromatic heterocycles. The van der Waals surface area contributed by atoms with Gasteiger partial charge in [-0.25, -0.2) is 4.99 Å². The van der Waals surface area contributed by atoms with Crippen LogP contribution in [0.5, 0.6) is 5.75 Å². The van der Waals surface area contributed by atoms with Gasteiger partial charge in [0.2, 0.25) is 5.90 Å². The summed E-state index contributed by atoms with van der Waals surface area (Å²) in [6, 6.07) is 31.7. The van der Waals surface area contributed by atoms with E-state index in [0.717, 1.165) is 29.4 Å². The zero-order valence-electron chi connectivity index (χ0n) is 31.0. The molecule has 1 saturated heterocycles. The van der Waals surface area contributed by atoms with Gasteiger partial charge in [-0.2, -0.15) is 0 Å². The van der Waals surface area contributed by atoms with Crippen molar-refractivity contribution < 1.29 is 32.6 Å². The molecule has 3 aliphatic rings. The topological polar surface area (TPSA) is 88.1 Å². The van der Waals surface area contributed by atoms with Gasteiger partial charge in [0.25, 0.3) is 8.32 Å². The van der Waals surface area contributed by atoms with Gasteiger partial charge < -0.3 is 27.8 Å². The highest BCUT2D eigenvalue weighted by atomic mass is 28.4. The molecule has 6 rings (SSSR count). The molecule has 2 aliphatic heterocycles. The highest BCUT2D eigenvalue weighted by Gasteiger charge is 2.85. The fraction of sp³-hybridized carbons (Fsp3) is 0.500. The first kappa shape index (κ1) is 36.5. The van der Waals surface area contributed by atoms with E-state index in [0.29, 0.717) is 5.90 Å². The summed E-state index contributed by atoms with van der Waals surface area (Å²) in [6.07, 6.45) is -2.24. The molecule has 268 valence electrons. The molecule has 10 heteroatoms. The summed E-state index contributed by atoms with van der Waals surface area (Å²) in [4.78, 5) is 18.3. The number of hydrogen-bond donors (Lipinski definition) is 0. The second-order valence-electron chi connectivity index (χ2n) is 15.0. The first-order valence-corrected chi connectivity index (χ1v) is 22.5. The van der Waals surface area contributed by atoms with Crippen LogP contribution in [0.3, 0.4) is 0 Å². The third kappa shape index (κ3) is 5.86. The second-order valence-corrected chi connectivity index (χ2v) is 24.0. The SMILES string of the molecule is CC[Si](CC)(CC)O[C@H]1[C@]2(CO[Si](c3ccccc3)(c3ccccc3)C(C)(C)C)O[C@@H]2[C@@H](OC(C)=O)[C@]12N=C(c1ccc(OC)cc1)O[C@H]2C. The fourth-order valence-corrected chi connectivity index (χ4v) is 15.9. The molecule has 1 aliphatic carbocycles. The van der Waals surface area contributed by atoms with E-state index in [1.807, 2.05) is 43.3 Å². The Balaban J connectivity index is 1.51. The van der Waals surface area contributed by atoms with Crippen molar-refractivity contribution in [2.45, 2.75) is 114 Å². The van der Waals surface area contributed by atoms with E-state index >= 15 is 0 Å². The van der Waals surface area contributed by atoms with Gasteiger partial charge >= 0.3 is 5.97 Å². The normalized spacial score (nSPS) is 27.4. The van der Waals surface area contributed by atoms with Crippen molar-refractivity contribution in [2.75, 3.05) is 13.7 Å². The van der Waals surface area contributed by atoms with Gasteiger partial charge in [0.15, 0.2) is 20.0 Å². The van der Waals surface area contributed by atoms with Crippen LogP contribution in [0.25, 0.3) is 0 Å². The molecule has 8 nitrogen and oxygen atoms in total. The third-order valence-corrected chi connectivity index (χ3v) is 21.0. The molecule has 3 aromatic carbocycles. The highest BCUT2D eigenvalue weighted by molar-refractivity contribution is 6.99. The molecular weight excluding hydrogens is 663 g/mol. The number of methoxy groups -OCH3 is 1. The predicted molar refractivity (Wildman–Crippen MR) is 202 cm³/mol. The largest absolute Gasteiger partial charge is 0.497 e. The Morgan fingerprint density at radius 2 is 1.44 bits per heavy atom. The lowest BCUT2D eigenvalue weighted by molar-refractivity contribution is -0.157. The van der Waals surface area contributed by atoms with Gasteiger partial charge in [0, 0.05) is 12.5 Å². The van der Waals surface area contributed by atoms with Crippen molar-refractivity contribution in [1.82, 2.24) is 0 Å². The molecule has 0 bridgehead atoms. The lowest BCUT2D eigenvalue weighted by Gasteiger charge is -2.46. The van der Waals surface area contributed by atoms with E-state index < -0.39 is 58.2 Å². The second kappa shape index (κ2) is 13.7. The zero-order valence-corrected chi connectivity index (χ0v) is 33.0. The number of hydrogen-bond acceptors (Lipinski definition) is 8. The molecule has 0 amide bonds. The van der Waals surface area contributed by atoms with E-state index in [1.54, 1.807) is 7.11 Å². The van der Waals surface area contributed by atoms with Crippen LogP contribution in [0.2, 0.25) is 23.2 Å². The lowest BCUT2D eigenvalue weighted by Crippen LogP contribution is -2.68. The number of nitrogens with zero attached hydrogens (tertiary/aromatic N) is 1. The number of epoxide rings is 1. The summed E-state index contributed by atoms with van der Waals surface area (Å²) in [5.74, 6) is 0.846. The van der Waals surface area contributed by atoms with Crippen LogP contribution in [0.15, 0.2) is 89.9 Å². The van der Waals surface area contributed by atoms with E-state index in [9.17, 15) is 4.79 Å². The summed E-state index contributed by atoms with van der Waals surface area (Å²) in [5.41, 5.74) is -1.13. The van der Waals surface area contributed by atoms with Crippen molar-refractivity contribution in [3.63, 3.8) is 0 Å². The van der Waals surface area contributed by atoms with Crippen LogP contribution in [-0.2, 0) is 27.9 Å². The number of esters is 1. The number of aliphatic imine (C=N–C) groups is 1. The fourth-order valence-electron chi connectivity index (χ4n) is 8.46. The van der Waals surface area contributed by atoms with Crippen LogP contribution in [0, 0.1) is 0 Å². The van der Waals surface area contributed by atoms with Crippen LogP contribution in [0.1, 0.15) is 61.0 Å². The smallest absolute Gasteiger partial charge is 0.303 e. The van der Waals surface area contributed by atoms with Crippen molar-refractivity contribution in [2.24, 2.45) is 4.99 Å². The standard InChI is InChI=1S/C40H53NO7Si2/c1-10-49(11-2,12-3)48-37-39(27-44-50(38(6,7)8,32-19-15-13-16-20-32)33-21-17-14-18-22-33)34(47-39)35(46-29(5)42)40(37)28(4)45-36(41-40)30-23-25-31(43-9)26-24-30/h13-26,28,34-35,37H,10-12,27H2,1-9H3/t28-,34+,35+,37-,39+,40-/m0/s1. The van der Waals surface area contributed by atoms with Crippen molar-refractivity contribution >= 4 is 38.9 Å². The van der Waals surface area contributed by atoms with Crippen LogP contribution in [0.4, 0.5) is 0 Å². The Kier molecular flexibility index (Phi) is 9.99. The zero-order chi connectivity index (χ0) is 36.0. The Bertz CT molecular complexity index is 1630. The molecule has 1 spiro atoms. The van der Waals surface area contributed by atoms with Gasteiger partial charge in [-0.15, -0.1) is 0 Å². The van der Waals surface area contributed by atoms with E-state index in [2.05, 4.69) is 90.1 Å². The number of ether oxygens (including phenoxy) is 4. The molecular formula is C40H53NO7Si2. The van der Waals surface area contributed by atoms with Crippen molar-refractivity contribution in [3.05, 3.63) is 90.5 Å². The maximum Gasteiger partial charge on any atom is 0.303 e. The summed E-state index contributed by atoms with van der Waals surface area (Å²) in [6.45, 7) is 17.2. The first-order valence-electron chi connectivity index (χ1n) is 18.0. The predicted octanol–water partition coefficient (Wildman–Crippen LogP) is 6.65. The van der Waals surface area contributed by atoms with Gasteiger partial charge in [0.1, 0.15) is 29.7 Å². The summed E-state index contributed by atoms with van der Waals surface area (Å²) in [5, 5.41) is 2.13. The molecule has 2 heterocycles. The molecule has 0 radical (unpaired) electrons. The number of rotatable bonds is 13. The lowest BCUT2D eigenvalue weighted by atomic mass is 9.85. The minimum absolute atomic E-state index is 0.239. The highest BCUT2D eigenvalue weighted by Crippen LogP contribution is 2.62. The molecule has 6 atom stereocenters. The van der Waals surface area contributed by atoms with Crippen LogP contribution in [-0.4, -0.2) is 77.8 Å². The molecule has 50 heavy (non-hydrogen) atoms. The van der Waals surface area contributed by atoms with Gasteiger partial charge in [-0.3, -0.25) is 4.79 Å². The average Bonchev–Trinajstić information content (AvgIpc) is 3.68. The van der Waals surface area contributed by atoms with Gasteiger partial charge in [-0.05, 0) is 64.7 Å². The molecule has 2 fully saturated rings. The number of carbonyl (C=O) groups is 1. The van der Waals surface area contributed by atoms with Crippen molar-refractivity contribution in [1.29, 1.82) is 0 Å². The van der Waals surface area contributed by atoms with Gasteiger partial charge in [-0.1, -0.05) is 102 Å². The Labute approximate surface area is 299 Å². The Hall–Kier alpha value is -3.29. The molecule has 1 saturated carbocycles. The minimum Gasteiger partial charge on any atom is -0.497 e. The van der Waals surface area contributed by atoms with Crippen LogP contribution >= 0.6 is 0 Å². The van der Waals surface area contributed by atoms with E-state index in [-0.39, 0.29) is 11.6 Å². The Morgan fingerprint density at radius 1 is 0.880 bits per heavy atom. The van der Waals surface area contributed by atoms with Crippen molar-refractivity contribution in [3.8, 4) is 5.75 Å².